The molecule has 4 aromatic heterocycles. The van der Waals surface area contributed by atoms with Crippen LogP contribution in [0.3, 0.4) is 0 Å². The van der Waals surface area contributed by atoms with Crippen molar-refractivity contribution in [1.29, 1.82) is 10.5 Å². The number of aromatic nitrogens is 5. The molecule has 0 saturated carbocycles. The Kier molecular flexibility index (Phi) is 4.57. The summed E-state index contributed by atoms with van der Waals surface area (Å²) in [6.45, 7) is 1.21. The lowest BCUT2D eigenvalue weighted by Crippen LogP contribution is -2.40. The number of pyridine rings is 2. The molecule has 1 atom stereocenters. The molecule has 1 unspecified atom stereocenters. The molecule has 0 spiro atoms. The van der Waals surface area contributed by atoms with Gasteiger partial charge >= 0.3 is 0 Å². The first-order valence-electron chi connectivity index (χ1n) is 10.0. The summed E-state index contributed by atoms with van der Waals surface area (Å²) in [6, 6.07) is 11.5. The summed E-state index contributed by atoms with van der Waals surface area (Å²) in [6.07, 6.45) is 6.96. The Morgan fingerprint density at radius 3 is 3.00 bits per heavy atom. The maximum absolute atomic E-state index is 12.2. The summed E-state index contributed by atoms with van der Waals surface area (Å²) in [5, 5.41) is 22.4. The minimum Gasteiger partial charge on any atom is -0.340 e. The summed E-state index contributed by atoms with van der Waals surface area (Å²) >= 11 is 0. The highest BCUT2D eigenvalue weighted by Gasteiger charge is 2.26. The van der Waals surface area contributed by atoms with Gasteiger partial charge in [-0.3, -0.25) is 4.79 Å². The van der Waals surface area contributed by atoms with E-state index in [2.05, 4.69) is 16.2 Å². The molecule has 0 radical (unpaired) electrons. The average Bonchev–Trinajstić information content (AvgIpc) is 3.42. The molecule has 0 bridgehead atoms. The van der Waals surface area contributed by atoms with Gasteiger partial charge < -0.3 is 9.47 Å². The number of nitrogens with zero attached hydrogens (tertiary/aromatic N) is 8. The normalized spacial score (nSPS) is 16.3. The fourth-order valence-corrected chi connectivity index (χ4v) is 4.16. The van der Waals surface area contributed by atoms with Crippen LogP contribution in [0.4, 0.5) is 0 Å². The average molecular weight is 410 g/mol. The van der Waals surface area contributed by atoms with Crippen LogP contribution in [0.15, 0.2) is 43.0 Å². The summed E-state index contributed by atoms with van der Waals surface area (Å²) in [5.41, 5.74) is 4.47. The zero-order valence-electron chi connectivity index (χ0n) is 16.6. The molecule has 4 aromatic rings. The van der Waals surface area contributed by atoms with Crippen LogP contribution in [-0.4, -0.2) is 48.0 Å². The summed E-state index contributed by atoms with van der Waals surface area (Å²) in [5.74, 6) is -0.134. The van der Waals surface area contributed by atoms with E-state index in [-0.39, 0.29) is 18.4 Å². The molecular weight excluding hydrogens is 392 g/mol. The van der Waals surface area contributed by atoms with Crippen LogP contribution < -0.4 is 0 Å². The fraction of sp³-hybridized carbons (Fsp3) is 0.273. The minimum absolute atomic E-state index is 0.0539. The number of imidazole rings is 1. The van der Waals surface area contributed by atoms with Crippen molar-refractivity contribution in [2.75, 3.05) is 13.1 Å². The van der Waals surface area contributed by atoms with Crippen molar-refractivity contribution in [3.05, 3.63) is 48.5 Å². The van der Waals surface area contributed by atoms with Crippen molar-refractivity contribution in [2.24, 2.45) is 0 Å². The number of piperidine rings is 1. The summed E-state index contributed by atoms with van der Waals surface area (Å²) in [4.78, 5) is 23.3. The molecule has 1 aliphatic heterocycles. The largest absolute Gasteiger partial charge is 0.340 e. The molecule has 1 amide bonds. The van der Waals surface area contributed by atoms with Gasteiger partial charge in [0.1, 0.15) is 11.9 Å². The Morgan fingerprint density at radius 2 is 2.16 bits per heavy atom. The monoisotopic (exact) mass is 410 g/mol. The molecule has 5 rings (SSSR count). The van der Waals surface area contributed by atoms with Crippen molar-refractivity contribution in [3.8, 4) is 23.4 Å². The Labute approximate surface area is 177 Å². The maximum Gasteiger partial charge on any atom is 0.236 e. The topological polar surface area (TPSA) is 116 Å². The van der Waals surface area contributed by atoms with Gasteiger partial charge in [0.25, 0.3) is 0 Å². The number of nitriles is 2. The van der Waals surface area contributed by atoms with Crippen LogP contribution in [-0.2, 0) is 4.79 Å². The van der Waals surface area contributed by atoms with Crippen molar-refractivity contribution >= 4 is 22.6 Å². The van der Waals surface area contributed by atoms with Gasteiger partial charge in [0.2, 0.25) is 5.91 Å². The van der Waals surface area contributed by atoms with E-state index in [0.29, 0.717) is 18.7 Å². The number of fused-ring (bicyclic) bond motifs is 2. The van der Waals surface area contributed by atoms with Gasteiger partial charge in [-0.1, -0.05) is 0 Å². The fourth-order valence-electron chi connectivity index (χ4n) is 4.16. The van der Waals surface area contributed by atoms with E-state index >= 15 is 0 Å². The highest BCUT2D eigenvalue weighted by Crippen LogP contribution is 2.29. The van der Waals surface area contributed by atoms with E-state index in [1.165, 1.54) is 0 Å². The lowest BCUT2D eigenvalue weighted by Gasteiger charge is -2.33. The van der Waals surface area contributed by atoms with E-state index in [9.17, 15) is 10.1 Å². The van der Waals surface area contributed by atoms with E-state index in [0.717, 1.165) is 40.8 Å². The number of carbonyl (C=O) groups excluding carboxylic acids is 1. The van der Waals surface area contributed by atoms with Gasteiger partial charge in [-0.2, -0.15) is 15.6 Å². The summed E-state index contributed by atoms with van der Waals surface area (Å²) in [7, 11) is 0. The third-order valence-electron chi connectivity index (χ3n) is 5.72. The molecule has 1 fully saturated rings. The molecule has 31 heavy (non-hydrogen) atoms. The van der Waals surface area contributed by atoms with Crippen molar-refractivity contribution in [2.45, 2.75) is 25.3 Å². The first kappa shape index (κ1) is 18.8. The zero-order valence-corrected chi connectivity index (χ0v) is 16.6. The molecule has 1 saturated heterocycles. The predicted octanol–water partition coefficient (Wildman–Crippen LogP) is 2.69. The van der Waals surface area contributed by atoms with Gasteiger partial charge in [-0.15, -0.1) is 0 Å². The van der Waals surface area contributed by atoms with Gasteiger partial charge in [0, 0.05) is 24.8 Å². The van der Waals surface area contributed by atoms with E-state index < -0.39 is 0 Å². The molecule has 0 N–H and O–H groups in total. The van der Waals surface area contributed by atoms with E-state index in [1.54, 1.807) is 40.3 Å². The second-order valence-corrected chi connectivity index (χ2v) is 7.58. The third-order valence-corrected chi connectivity index (χ3v) is 5.72. The maximum atomic E-state index is 12.2. The Morgan fingerprint density at radius 1 is 1.26 bits per heavy atom. The first-order valence-corrected chi connectivity index (χ1v) is 10.0. The Hall–Kier alpha value is -4.24. The lowest BCUT2D eigenvalue weighted by molar-refractivity contribution is -0.131. The van der Waals surface area contributed by atoms with Crippen LogP contribution >= 0.6 is 0 Å². The number of amides is 1. The zero-order chi connectivity index (χ0) is 21.4. The second kappa shape index (κ2) is 7.54. The Balaban J connectivity index is 1.53. The van der Waals surface area contributed by atoms with Crippen LogP contribution in [0.2, 0.25) is 0 Å². The number of likely N-dealkylation sites (tertiary alicyclic amines) is 1. The number of hydrogen-bond acceptors (Lipinski definition) is 6. The molecule has 152 valence electrons. The molecule has 9 nitrogen and oxygen atoms in total. The first-order chi connectivity index (χ1) is 15.2. The van der Waals surface area contributed by atoms with E-state index in [4.69, 9.17) is 10.2 Å². The van der Waals surface area contributed by atoms with Crippen molar-refractivity contribution in [1.82, 2.24) is 29.0 Å². The van der Waals surface area contributed by atoms with Crippen molar-refractivity contribution in [3.63, 3.8) is 0 Å². The molecule has 9 heteroatoms. The molecule has 5 heterocycles. The number of rotatable bonds is 3. The van der Waals surface area contributed by atoms with Crippen LogP contribution in [0.25, 0.3) is 27.9 Å². The summed E-state index contributed by atoms with van der Waals surface area (Å²) < 4.78 is 3.75. The minimum atomic E-state index is -0.134. The number of carbonyl (C=O) groups is 1. The predicted molar refractivity (Wildman–Crippen MR) is 112 cm³/mol. The number of hydrogen-bond donors (Lipinski definition) is 0. The Bertz CT molecular complexity index is 1390. The molecule has 1 aliphatic rings. The second-order valence-electron chi connectivity index (χ2n) is 7.58. The molecular formula is C22H18N8O. The van der Waals surface area contributed by atoms with Crippen LogP contribution in [0, 0.1) is 22.7 Å². The lowest BCUT2D eigenvalue weighted by atomic mass is 10.1. The van der Waals surface area contributed by atoms with Crippen LogP contribution in [0.5, 0.6) is 0 Å². The SMILES string of the molecule is N#CCC(=O)N1CCCC(n2cnc3ccc(-c4cnn5ccc(C#N)cc45)nc32)C1. The van der Waals surface area contributed by atoms with Crippen LogP contribution in [0.1, 0.15) is 30.9 Å². The van der Waals surface area contributed by atoms with Gasteiger partial charge in [-0.25, -0.2) is 14.5 Å². The highest BCUT2D eigenvalue weighted by molar-refractivity contribution is 5.83. The van der Waals surface area contributed by atoms with Gasteiger partial charge in [0.15, 0.2) is 5.65 Å². The van der Waals surface area contributed by atoms with Gasteiger partial charge in [0.05, 0.1) is 47.5 Å². The third kappa shape index (κ3) is 3.26. The van der Waals surface area contributed by atoms with Crippen molar-refractivity contribution < 1.29 is 4.79 Å². The highest BCUT2D eigenvalue weighted by atomic mass is 16.2. The van der Waals surface area contributed by atoms with Gasteiger partial charge in [-0.05, 0) is 37.1 Å². The molecule has 0 aromatic carbocycles. The quantitative estimate of drug-likeness (QED) is 0.513. The smallest absolute Gasteiger partial charge is 0.236 e. The molecule has 0 aliphatic carbocycles. The standard InChI is InChI=1S/C22H18N8O/c23-7-5-21(31)28-8-1-2-16(13-28)29-14-25-19-4-3-18(27-22(19)29)17-12-26-30-9-6-15(11-24)10-20(17)30/h3-4,6,9-10,12,14,16H,1-2,5,8,13H2. The van der Waals surface area contributed by atoms with E-state index in [1.807, 2.05) is 22.8 Å².